The second-order valence-electron chi connectivity index (χ2n) is 5.83. The van der Waals surface area contributed by atoms with Crippen molar-refractivity contribution >= 4 is 23.6 Å². The summed E-state index contributed by atoms with van der Waals surface area (Å²) in [5.74, 6) is -0.567. The maximum absolute atomic E-state index is 12.6. The Hall–Kier alpha value is -2.47. The van der Waals surface area contributed by atoms with Crippen LogP contribution in [-0.4, -0.2) is 41.3 Å². The first-order chi connectivity index (χ1) is 12.1. The Labute approximate surface area is 150 Å². The summed E-state index contributed by atoms with van der Waals surface area (Å²) in [6.07, 6.45) is 0. The summed E-state index contributed by atoms with van der Waals surface area (Å²) in [5.41, 5.74) is 1.71. The number of rotatable bonds is 5. The fourth-order valence-electron chi connectivity index (χ4n) is 2.92. The second-order valence-corrected chi connectivity index (χ2v) is 6.88. The average molecular weight is 357 g/mol. The molecule has 0 radical (unpaired) electrons. The number of carboxylic acid groups (broad SMARTS) is 1. The SMILES string of the molecule is COc1ccc(SCC(=O)N2Cc3ccccc3C(C(=O)O)C2)cc1. The van der Waals surface area contributed by atoms with Gasteiger partial charge in [-0.2, -0.15) is 0 Å². The van der Waals surface area contributed by atoms with Crippen molar-refractivity contribution in [3.8, 4) is 5.75 Å². The number of nitrogens with zero attached hydrogens (tertiary/aromatic N) is 1. The van der Waals surface area contributed by atoms with Gasteiger partial charge in [-0.15, -0.1) is 11.8 Å². The van der Waals surface area contributed by atoms with Gasteiger partial charge in [-0.25, -0.2) is 0 Å². The third-order valence-electron chi connectivity index (χ3n) is 4.27. The number of carbonyl (C=O) groups excluding carboxylic acids is 1. The van der Waals surface area contributed by atoms with Crippen LogP contribution in [0.25, 0.3) is 0 Å². The molecule has 25 heavy (non-hydrogen) atoms. The Bertz CT molecular complexity index is 775. The second kappa shape index (κ2) is 7.61. The van der Waals surface area contributed by atoms with Crippen molar-refractivity contribution in [2.24, 2.45) is 0 Å². The summed E-state index contributed by atoms with van der Waals surface area (Å²) >= 11 is 1.44. The van der Waals surface area contributed by atoms with E-state index in [1.54, 1.807) is 12.0 Å². The van der Waals surface area contributed by atoms with Crippen molar-refractivity contribution in [1.29, 1.82) is 0 Å². The van der Waals surface area contributed by atoms with E-state index in [9.17, 15) is 14.7 Å². The number of methoxy groups -OCH3 is 1. The lowest BCUT2D eigenvalue weighted by Gasteiger charge is -2.32. The molecule has 1 aliphatic heterocycles. The highest BCUT2D eigenvalue weighted by molar-refractivity contribution is 8.00. The van der Waals surface area contributed by atoms with E-state index >= 15 is 0 Å². The van der Waals surface area contributed by atoms with Gasteiger partial charge >= 0.3 is 5.97 Å². The summed E-state index contributed by atoms with van der Waals surface area (Å²) < 4.78 is 5.12. The van der Waals surface area contributed by atoms with Crippen LogP contribution in [0.2, 0.25) is 0 Å². The zero-order chi connectivity index (χ0) is 17.8. The maximum atomic E-state index is 12.6. The highest BCUT2D eigenvalue weighted by Gasteiger charge is 2.32. The van der Waals surface area contributed by atoms with Crippen LogP contribution in [0.3, 0.4) is 0 Å². The van der Waals surface area contributed by atoms with Crippen molar-refractivity contribution in [2.45, 2.75) is 17.4 Å². The Morgan fingerprint density at radius 2 is 1.92 bits per heavy atom. The van der Waals surface area contributed by atoms with E-state index in [1.165, 1.54) is 11.8 Å². The number of carboxylic acids is 1. The zero-order valence-electron chi connectivity index (χ0n) is 13.8. The molecule has 130 valence electrons. The van der Waals surface area contributed by atoms with Gasteiger partial charge in [0.25, 0.3) is 0 Å². The summed E-state index contributed by atoms with van der Waals surface area (Å²) in [5, 5.41) is 9.49. The molecule has 0 saturated heterocycles. The molecule has 1 N–H and O–H groups in total. The molecular formula is C19H19NO4S. The van der Waals surface area contributed by atoms with Crippen molar-refractivity contribution < 1.29 is 19.4 Å². The molecule has 1 aliphatic rings. The van der Waals surface area contributed by atoms with Gasteiger partial charge in [0.1, 0.15) is 5.75 Å². The van der Waals surface area contributed by atoms with Crippen LogP contribution in [0.1, 0.15) is 17.0 Å². The first-order valence-electron chi connectivity index (χ1n) is 7.93. The van der Waals surface area contributed by atoms with Crippen LogP contribution < -0.4 is 4.74 Å². The molecule has 3 rings (SSSR count). The lowest BCUT2D eigenvalue weighted by atomic mass is 9.90. The summed E-state index contributed by atoms with van der Waals surface area (Å²) in [6.45, 7) is 0.677. The topological polar surface area (TPSA) is 66.8 Å². The molecule has 1 unspecified atom stereocenters. The van der Waals surface area contributed by atoms with Crippen molar-refractivity contribution in [2.75, 3.05) is 19.4 Å². The van der Waals surface area contributed by atoms with Crippen LogP contribution >= 0.6 is 11.8 Å². The fourth-order valence-corrected chi connectivity index (χ4v) is 3.72. The van der Waals surface area contributed by atoms with Gasteiger partial charge in [0.2, 0.25) is 5.91 Å². The van der Waals surface area contributed by atoms with E-state index in [0.717, 1.165) is 21.8 Å². The smallest absolute Gasteiger partial charge is 0.312 e. The lowest BCUT2D eigenvalue weighted by Crippen LogP contribution is -2.41. The molecule has 0 bridgehead atoms. The van der Waals surface area contributed by atoms with Gasteiger partial charge in [-0.3, -0.25) is 9.59 Å². The van der Waals surface area contributed by atoms with Gasteiger partial charge in [0.15, 0.2) is 0 Å². The van der Waals surface area contributed by atoms with E-state index in [-0.39, 0.29) is 18.2 Å². The summed E-state index contributed by atoms with van der Waals surface area (Å²) in [4.78, 5) is 26.7. The molecule has 0 spiro atoms. The highest BCUT2D eigenvalue weighted by Crippen LogP contribution is 2.29. The minimum atomic E-state index is -0.896. The maximum Gasteiger partial charge on any atom is 0.312 e. The van der Waals surface area contributed by atoms with Crippen molar-refractivity contribution in [3.05, 3.63) is 59.7 Å². The Balaban J connectivity index is 1.67. The molecule has 1 heterocycles. The minimum absolute atomic E-state index is 0.0541. The van der Waals surface area contributed by atoms with Crippen LogP contribution in [-0.2, 0) is 16.1 Å². The van der Waals surface area contributed by atoms with Crippen LogP contribution in [0.15, 0.2) is 53.4 Å². The van der Waals surface area contributed by atoms with Gasteiger partial charge in [0.05, 0.1) is 18.8 Å². The quantitative estimate of drug-likeness (QED) is 0.833. The van der Waals surface area contributed by atoms with Crippen LogP contribution in [0.5, 0.6) is 5.75 Å². The molecule has 1 amide bonds. The molecule has 5 nitrogen and oxygen atoms in total. The number of hydrogen-bond donors (Lipinski definition) is 1. The van der Waals surface area contributed by atoms with Crippen molar-refractivity contribution in [1.82, 2.24) is 4.90 Å². The Morgan fingerprint density at radius 3 is 2.60 bits per heavy atom. The predicted molar refractivity (Wildman–Crippen MR) is 96.0 cm³/mol. The van der Waals surface area contributed by atoms with Crippen molar-refractivity contribution in [3.63, 3.8) is 0 Å². The van der Waals surface area contributed by atoms with E-state index in [0.29, 0.717) is 6.54 Å². The number of carbonyl (C=O) groups is 2. The molecule has 0 saturated carbocycles. The summed E-state index contributed by atoms with van der Waals surface area (Å²) in [7, 11) is 1.61. The van der Waals surface area contributed by atoms with E-state index < -0.39 is 11.9 Å². The van der Waals surface area contributed by atoms with Crippen LogP contribution in [0.4, 0.5) is 0 Å². The minimum Gasteiger partial charge on any atom is -0.497 e. The highest BCUT2D eigenvalue weighted by atomic mass is 32.2. The average Bonchev–Trinajstić information content (AvgIpc) is 2.65. The molecular weight excluding hydrogens is 338 g/mol. The standard InChI is InChI=1S/C19H19NO4S/c1-24-14-6-8-15(9-7-14)25-12-18(21)20-10-13-4-2-3-5-16(13)17(11-20)19(22)23/h2-9,17H,10-12H2,1H3,(H,22,23). The van der Waals surface area contributed by atoms with E-state index in [4.69, 9.17) is 4.74 Å². The monoisotopic (exact) mass is 357 g/mol. The van der Waals surface area contributed by atoms with Gasteiger partial charge < -0.3 is 14.7 Å². The molecule has 0 aromatic heterocycles. The normalized spacial score (nSPS) is 16.2. The number of amides is 1. The number of hydrogen-bond acceptors (Lipinski definition) is 4. The third-order valence-corrected chi connectivity index (χ3v) is 5.26. The third kappa shape index (κ3) is 3.96. The summed E-state index contributed by atoms with van der Waals surface area (Å²) in [6, 6.07) is 15.0. The molecule has 6 heteroatoms. The number of thioether (sulfide) groups is 1. The number of aliphatic carboxylic acids is 1. The first-order valence-corrected chi connectivity index (χ1v) is 8.92. The van der Waals surface area contributed by atoms with Gasteiger partial charge in [-0.1, -0.05) is 24.3 Å². The van der Waals surface area contributed by atoms with Gasteiger partial charge in [0, 0.05) is 18.0 Å². The first kappa shape index (κ1) is 17.4. The molecule has 0 fully saturated rings. The van der Waals surface area contributed by atoms with E-state index in [2.05, 4.69) is 0 Å². The number of fused-ring (bicyclic) bond motifs is 1. The number of benzene rings is 2. The predicted octanol–water partition coefficient (Wildman–Crippen LogP) is 3.00. The lowest BCUT2D eigenvalue weighted by molar-refractivity contribution is -0.140. The fraction of sp³-hybridized carbons (Fsp3) is 0.263. The molecule has 2 aromatic carbocycles. The van der Waals surface area contributed by atoms with E-state index in [1.807, 2.05) is 48.5 Å². The van der Waals surface area contributed by atoms with Gasteiger partial charge in [-0.05, 0) is 35.4 Å². The number of ether oxygens (including phenoxy) is 1. The molecule has 1 atom stereocenters. The largest absolute Gasteiger partial charge is 0.497 e. The Kier molecular flexibility index (Phi) is 5.28. The Morgan fingerprint density at radius 1 is 1.20 bits per heavy atom. The molecule has 2 aromatic rings. The molecule has 0 aliphatic carbocycles. The zero-order valence-corrected chi connectivity index (χ0v) is 14.7. The van der Waals surface area contributed by atoms with Crippen LogP contribution in [0, 0.1) is 0 Å².